The van der Waals surface area contributed by atoms with E-state index in [2.05, 4.69) is 38.2 Å². The van der Waals surface area contributed by atoms with E-state index in [9.17, 15) is 0 Å². The molecule has 0 spiro atoms. The van der Waals surface area contributed by atoms with E-state index in [0.29, 0.717) is 12.6 Å². The van der Waals surface area contributed by atoms with E-state index in [-0.39, 0.29) is 24.0 Å². The molecule has 0 aliphatic carbocycles. The molecular formula is C17H26IN5O. The van der Waals surface area contributed by atoms with Gasteiger partial charge in [-0.2, -0.15) is 0 Å². The molecule has 0 bridgehead atoms. The first kappa shape index (κ1) is 19.0. The Kier molecular flexibility index (Phi) is 7.29. The zero-order valence-electron chi connectivity index (χ0n) is 14.3. The Labute approximate surface area is 160 Å². The smallest absolute Gasteiger partial charge is 0.191 e. The highest BCUT2D eigenvalue weighted by Crippen LogP contribution is 2.14. The molecule has 3 rings (SSSR count). The second kappa shape index (κ2) is 9.22. The van der Waals surface area contributed by atoms with Crippen molar-refractivity contribution in [2.24, 2.45) is 12.0 Å². The lowest BCUT2D eigenvalue weighted by atomic mass is 10.2. The van der Waals surface area contributed by atoms with E-state index < -0.39 is 0 Å². The molecule has 1 aliphatic heterocycles. The lowest BCUT2D eigenvalue weighted by Crippen LogP contribution is -2.41. The highest BCUT2D eigenvalue weighted by molar-refractivity contribution is 14.0. The van der Waals surface area contributed by atoms with Crippen molar-refractivity contribution in [3.63, 3.8) is 0 Å². The maximum absolute atomic E-state index is 5.64. The number of guanidine groups is 1. The van der Waals surface area contributed by atoms with Crippen LogP contribution in [-0.2, 0) is 18.3 Å². The fraction of sp³-hybridized carbons (Fsp3) is 0.529. The van der Waals surface area contributed by atoms with Gasteiger partial charge in [-0.05, 0) is 31.9 Å². The van der Waals surface area contributed by atoms with E-state index in [4.69, 9.17) is 4.74 Å². The number of hydrogen-bond acceptors (Lipinski definition) is 3. The van der Waals surface area contributed by atoms with E-state index in [0.717, 1.165) is 55.4 Å². The molecule has 6 nitrogen and oxygen atoms in total. The van der Waals surface area contributed by atoms with Crippen molar-refractivity contribution >= 4 is 41.0 Å². The van der Waals surface area contributed by atoms with Crippen molar-refractivity contribution in [1.82, 2.24) is 20.2 Å². The summed E-state index contributed by atoms with van der Waals surface area (Å²) in [4.78, 5) is 9.31. The van der Waals surface area contributed by atoms with E-state index in [1.165, 1.54) is 0 Å². The second-order valence-electron chi connectivity index (χ2n) is 5.79. The van der Waals surface area contributed by atoms with Crippen LogP contribution in [0.15, 0.2) is 29.3 Å². The molecule has 7 heteroatoms. The number of fused-ring (bicyclic) bond motifs is 1. The van der Waals surface area contributed by atoms with Crippen molar-refractivity contribution in [2.75, 3.05) is 19.7 Å². The molecule has 1 aromatic carbocycles. The Hall–Kier alpha value is -1.35. The number of nitrogens with zero attached hydrogens (tertiary/aromatic N) is 3. The first-order chi connectivity index (χ1) is 11.3. The minimum absolute atomic E-state index is 0. The predicted molar refractivity (Wildman–Crippen MR) is 108 cm³/mol. The highest BCUT2D eigenvalue weighted by atomic mass is 127. The fourth-order valence-electron chi connectivity index (χ4n) is 2.84. The predicted octanol–water partition coefficient (Wildman–Crippen LogP) is 2.43. The number of aryl methyl sites for hydroxylation is 1. The number of para-hydroxylation sites is 2. The largest absolute Gasteiger partial charge is 0.376 e. The molecule has 24 heavy (non-hydrogen) atoms. The highest BCUT2D eigenvalue weighted by Gasteiger charge is 2.15. The Balaban J connectivity index is 0.00000208. The molecule has 1 aromatic heterocycles. The van der Waals surface area contributed by atoms with Gasteiger partial charge in [-0.25, -0.2) is 9.98 Å². The minimum Gasteiger partial charge on any atom is -0.376 e. The normalized spacial score (nSPS) is 17.8. The Bertz CT molecular complexity index is 679. The number of imidazole rings is 1. The van der Waals surface area contributed by atoms with Gasteiger partial charge in [0.15, 0.2) is 5.96 Å². The molecule has 0 saturated carbocycles. The molecule has 1 fully saturated rings. The topological polar surface area (TPSA) is 63.5 Å². The zero-order valence-corrected chi connectivity index (χ0v) is 16.6. The third kappa shape index (κ3) is 4.60. The van der Waals surface area contributed by atoms with Crippen LogP contribution in [-0.4, -0.2) is 41.3 Å². The third-order valence-corrected chi connectivity index (χ3v) is 4.12. The molecule has 132 valence electrons. The summed E-state index contributed by atoms with van der Waals surface area (Å²) in [5.41, 5.74) is 2.15. The summed E-state index contributed by atoms with van der Waals surface area (Å²) in [6.45, 7) is 5.12. The zero-order chi connectivity index (χ0) is 16.1. The maximum atomic E-state index is 5.64. The number of aliphatic imine (C=N–C) groups is 1. The summed E-state index contributed by atoms with van der Waals surface area (Å²) < 4.78 is 7.74. The Morgan fingerprint density at radius 3 is 2.92 bits per heavy atom. The van der Waals surface area contributed by atoms with Gasteiger partial charge in [-0.1, -0.05) is 12.1 Å². The number of benzene rings is 1. The van der Waals surface area contributed by atoms with Crippen LogP contribution in [0, 0.1) is 0 Å². The third-order valence-electron chi connectivity index (χ3n) is 4.12. The monoisotopic (exact) mass is 443 g/mol. The molecule has 1 saturated heterocycles. The molecular weight excluding hydrogens is 417 g/mol. The SMILES string of the molecule is CCNC(=NCc1nc2ccccc2n1C)NCC1CCCO1.I. The van der Waals surface area contributed by atoms with Gasteiger partial charge in [0.25, 0.3) is 0 Å². The van der Waals surface area contributed by atoms with Crippen LogP contribution in [0.3, 0.4) is 0 Å². The molecule has 1 atom stereocenters. The number of nitrogens with one attached hydrogen (secondary N) is 2. The first-order valence-corrected chi connectivity index (χ1v) is 8.32. The number of halogens is 1. The van der Waals surface area contributed by atoms with Crippen molar-refractivity contribution in [3.05, 3.63) is 30.1 Å². The van der Waals surface area contributed by atoms with Crippen molar-refractivity contribution in [2.45, 2.75) is 32.4 Å². The summed E-state index contributed by atoms with van der Waals surface area (Å²) in [5, 5.41) is 6.64. The lowest BCUT2D eigenvalue weighted by Gasteiger charge is -2.14. The van der Waals surface area contributed by atoms with Crippen LogP contribution < -0.4 is 10.6 Å². The summed E-state index contributed by atoms with van der Waals surface area (Å²) >= 11 is 0. The maximum Gasteiger partial charge on any atom is 0.191 e. The van der Waals surface area contributed by atoms with E-state index in [1.54, 1.807) is 0 Å². The van der Waals surface area contributed by atoms with Gasteiger partial charge in [-0.15, -0.1) is 24.0 Å². The van der Waals surface area contributed by atoms with E-state index >= 15 is 0 Å². The van der Waals surface area contributed by atoms with Crippen LogP contribution in [0.25, 0.3) is 11.0 Å². The molecule has 1 aliphatic rings. The second-order valence-corrected chi connectivity index (χ2v) is 5.79. The summed E-state index contributed by atoms with van der Waals surface area (Å²) in [6.07, 6.45) is 2.58. The van der Waals surface area contributed by atoms with Gasteiger partial charge < -0.3 is 19.9 Å². The summed E-state index contributed by atoms with van der Waals surface area (Å²) in [7, 11) is 2.03. The molecule has 2 N–H and O–H groups in total. The first-order valence-electron chi connectivity index (χ1n) is 8.32. The van der Waals surface area contributed by atoms with Crippen molar-refractivity contribution in [1.29, 1.82) is 0 Å². The average Bonchev–Trinajstić information content (AvgIpc) is 3.19. The lowest BCUT2D eigenvalue weighted by molar-refractivity contribution is 0.114. The van der Waals surface area contributed by atoms with Crippen molar-refractivity contribution in [3.8, 4) is 0 Å². The Morgan fingerprint density at radius 1 is 1.38 bits per heavy atom. The average molecular weight is 443 g/mol. The van der Waals surface area contributed by atoms with Crippen LogP contribution in [0.5, 0.6) is 0 Å². The van der Waals surface area contributed by atoms with Crippen LogP contribution in [0.4, 0.5) is 0 Å². The molecule has 2 aromatic rings. The van der Waals surface area contributed by atoms with Gasteiger partial charge in [-0.3, -0.25) is 0 Å². The van der Waals surface area contributed by atoms with Gasteiger partial charge in [0.05, 0.1) is 17.1 Å². The molecule has 0 radical (unpaired) electrons. The number of ether oxygens (including phenoxy) is 1. The van der Waals surface area contributed by atoms with Gasteiger partial charge in [0.1, 0.15) is 12.4 Å². The minimum atomic E-state index is 0. The van der Waals surface area contributed by atoms with Crippen molar-refractivity contribution < 1.29 is 4.74 Å². The molecule has 2 heterocycles. The van der Waals surface area contributed by atoms with Gasteiger partial charge >= 0.3 is 0 Å². The molecule has 1 unspecified atom stereocenters. The van der Waals surface area contributed by atoms with Crippen LogP contribution in [0.1, 0.15) is 25.6 Å². The van der Waals surface area contributed by atoms with Gasteiger partial charge in [0, 0.05) is 26.7 Å². The van der Waals surface area contributed by atoms with Gasteiger partial charge in [0.2, 0.25) is 0 Å². The summed E-state index contributed by atoms with van der Waals surface area (Å²) in [5.74, 6) is 1.77. The number of rotatable bonds is 5. The quantitative estimate of drug-likeness (QED) is 0.424. The molecule has 0 amide bonds. The summed E-state index contributed by atoms with van der Waals surface area (Å²) in [6, 6.07) is 8.15. The standard InChI is InChI=1S/C17H25N5O.HI/c1-3-18-17(19-11-13-7-6-10-23-13)20-12-16-21-14-8-4-5-9-15(14)22(16)2;/h4-5,8-9,13H,3,6-7,10-12H2,1-2H3,(H2,18,19,20);1H. The Morgan fingerprint density at radius 2 is 2.21 bits per heavy atom. The number of aromatic nitrogens is 2. The van der Waals surface area contributed by atoms with Crippen LogP contribution in [0.2, 0.25) is 0 Å². The van der Waals surface area contributed by atoms with Crippen LogP contribution >= 0.6 is 24.0 Å². The number of hydrogen-bond donors (Lipinski definition) is 2. The fourth-order valence-corrected chi connectivity index (χ4v) is 2.84. The van der Waals surface area contributed by atoms with E-state index in [1.807, 2.05) is 25.2 Å².